The number of rotatable bonds is 8. The predicted octanol–water partition coefficient (Wildman–Crippen LogP) is 4.07. The van der Waals surface area contributed by atoms with Crippen LogP contribution < -0.4 is 10.3 Å². The fourth-order valence-electron chi connectivity index (χ4n) is 3.93. The molecule has 6 nitrogen and oxygen atoms in total. The number of pyridine rings is 2. The van der Waals surface area contributed by atoms with E-state index in [-0.39, 0.29) is 12.2 Å². The summed E-state index contributed by atoms with van der Waals surface area (Å²) in [6, 6.07) is 15.5. The van der Waals surface area contributed by atoms with Gasteiger partial charge in [0, 0.05) is 44.6 Å². The largest absolute Gasteiger partial charge is 0.487 e. The second-order valence-corrected chi connectivity index (χ2v) is 9.43. The van der Waals surface area contributed by atoms with Crippen molar-refractivity contribution in [3.63, 3.8) is 0 Å². The van der Waals surface area contributed by atoms with Gasteiger partial charge in [0.25, 0.3) is 5.56 Å². The summed E-state index contributed by atoms with van der Waals surface area (Å²) in [5.74, 6) is 0.525. The number of piperidine rings is 1. The molecule has 174 valence electrons. The van der Waals surface area contributed by atoms with Gasteiger partial charge in [-0.2, -0.15) is 0 Å². The molecule has 33 heavy (non-hydrogen) atoms. The van der Waals surface area contributed by atoms with E-state index in [9.17, 15) is 9.90 Å². The highest BCUT2D eigenvalue weighted by molar-refractivity contribution is 6.30. The van der Waals surface area contributed by atoms with Gasteiger partial charge in [-0.05, 0) is 55.5 Å². The van der Waals surface area contributed by atoms with Crippen LogP contribution in [0.2, 0.25) is 5.02 Å². The second-order valence-electron chi connectivity index (χ2n) is 8.99. The molecule has 0 radical (unpaired) electrons. The molecule has 4 rings (SSSR count). The van der Waals surface area contributed by atoms with Crippen molar-refractivity contribution in [2.24, 2.45) is 0 Å². The Kier molecular flexibility index (Phi) is 7.48. The third kappa shape index (κ3) is 6.90. The first kappa shape index (κ1) is 23.5. The van der Waals surface area contributed by atoms with Gasteiger partial charge in [0.05, 0.1) is 16.3 Å². The number of ether oxygens (including phenoxy) is 1. The molecule has 0 amide bonds. The lowest BCUT2D eigenvalue weighted by Crippen LogP contribution is -2.41. The first-order valence-electron chi connectivity index (χ1n) is 11.3. The molecule has 0 aliphatic carbocycles. The van der Waals surface area contributed by atoms with Crippen LogP contribution in [0.15, 0.2) is 65.7 Å². The van der Waals surface area contributed by atoms with Crippen LogP contribution in [0, 0.1) is 0 Å². The Morgan fingerprint density at radius 3 is 2.48 bits per heavy atom. The molecular formula is C26H30ClN3O3. The van der Waals surface area contributed by atoms with Crippen molar-refractivity contribution in [1.82, 2.24) is 14.5 Å². The normalized spacial score (nSPS) is 16.0. The highest BCUT2D eigenvalue weighted by Crippen LogP contribution is 2.22. The summed E-state index contributed by atoms with van der Waals surface area (Å²) in [6.45, 7) is 5.57. The zero-order valence-electron chi connectivity index (χ0n) is 18.9. The predicted molar refractivity (Wildman–Crippen MR) is 130 cm³/mol. The minimum atomic E-state index is -0.517. The fourth-order valence-corrected chi connectivity index (χ4v) is 4.04. The van der Waals surface area contributed by atoms with Gasteiger partial charge in [0.2, 0.25) is 0 Å². The number of aliphatic hydroxyl groups is 1. The van der Waals surface area contributed by atoms with E-state index in [0.29, 0.717) is 17.3 Å². The Balaban J connectivity index is 1.26. The SMILES string of the molecule is CC1(O)CCN(Cc2ccc(CCn3ccc(OCc4ccc(Cl)cn4)cc3=O)cc2)CC1. The number of aromatic nitrogens is 2. The van der Waals surface area contributed by atoms with Gasteiger partial charge in [-0.3, -0.25) is 14.7 Å². The van der Waals surface area contributed by atoms with Crippen LogP contribution in [0.1, 0.15) is 36.6 Å². The number of benzene rings is 1. The Labute approximate surface area is 199 Å². The van der Waals surface area contributed by atoms with Crippen molar-refractivity contribution in [3.05, 3.63) is 93.1 Å². The smallest absolute Gasteiger partial charge is 0.254 e. The average Bonchev–Trinajstić information content (AvgIpc) is 2.80. The Hall–Kier alpha value is -2.67. The van der Waals surface area contributed by atoms with Gasteiger partial charge >= 0.3 is 0 Å². The Morgan fingerprint density at radius 1 is 1.09 bits per heavy atom. The van der Waals surface area contributed by atoms with Crippen molar-refractivity contribution in [2.75, 3.05) is 13.1 Å². The van der Waals surface area contributed by atoms with E-state index < -0.39 is 5.60 Å². The number of hydrogen-bond acceptors (Lipinski definition) is 5. The van der Waals surface area contributed by atoms with E-state index in [1.54, 1.807) is 35.2 Å². The van der Waals surface area contributed by atoms with Crippen LogP contribution >= 0.6 is 11.6 Å². The molecule has 1 saturated heterocycles. The molecule has 3 heterocycles. The van der Waals surface area contributed by atoms with E-state index in [1.165, 1.54) is 17.2 Å². The number of nitrogens with zero attached hydrogens (tertiary/aromatic N) is 3. The van der Waals surface area contributed by atoms with Gasteiger partial charge in [0.1, 0.15) is 12.4 Å². The van der Waals surface area contributed by atoms with Crippen LogP contribution in [-0.2, 0) is 26.1 Å². The van der Waals surface area contributed by atoms with E-state index in [2.05, 4.69) is 34.1 Å². The minimum absolute atomic E-state index is 0.0887. The molecule has 0 atom stereocenters. The molecule has 0 saturated carbocycles. The quantitative estimate of drug-likeness (QED) is 0.541. The van der Waals surface area contributed by atoms with Crippen LogP contribution in [-0.4, -0.2) is 38.2 Å². The maximum Gasteiger partial charge on any atom is 0.254 e. The maximum atomic E-state index is 12.5. The third-order valence-corrected chi connectivity index (χ3v) is 6.37. The Bertz CT molecular complexity index is 1100. The van der Waals surface area contributed by atoms with Crippen molar-refractivity contribution >= 4 is 11.6 Å². The lowest BCUT2D eigenvalue weighted by Gasteiger charge is -2.35. The molecule has 1 aromatic carbocycles. The summed E-state index contributed by atoms with van der Waals surface area (Å²) in [5.41, 5.74) is 2.61. The fraction of sp³-hybridized carbons (Fsp3) is 0.385. The van der Waals surface area contributed by atoms with Crippen molar-refractivity contribution < 1.29 is 9.84 Å². The molecule has 7 heteroatoms. The van der Waals surface area contributed by atoms with Gasteiger partial charge in [-0.25, -0.2) is 0 Å². The lowest BCUT2D eigenvalue weighted by molar-refractivity contribution is -0.00730. The number of likely N-dealkylation sites (tertiary alicyclic amines) is 1. The molecule has 0 bridgehead atoms. The van der Waals surface area contributed by atoms with Crippen molar-refractivity contribution in [3.8, 4) is 5.75 Å². The number of aryl methyl sites for hydroxylation is 2. The summed E-state index contributed by atoms with van der Waals surface area (Å²) >= 11 is 5.84. The summed E-state index contributed by atoms with van der Waals surface area (Å²) < 4.78 is 7.38. The molecule has 0 unspecified atom stereocenters. The Morgan fingerprint density at radius 2 is 1.82 bits per heavy atom. The monoisotopic (exact) mass is 467 g/mol. The molecule has 1 fully saturated rings. The molecule has 1 aliphatic rings. The molecule has 1 aliphatic heterocycles. The van der Waals surface area contributed by atoms with E-state index >= 15 is 0 Å². The highest BCUT2D eigenvalue weighted by Gasteiger charge is 2.27. The standard InChI is InChI=1S/C26H30ClN3O3/c1-26(32)10-14-29(15-11-26)18-21-4-2-20(3-5-21)8-12-30-13-9-24(16-25(30)31)33-19-23-7-6-22(27)17-28-23/h2-7,9,13,16-17,32H,8,10-12,14-15,18-19H2,1H3. The van der Waals surface area contributed by atoms with Crippen molar-refractivity contribution in [2.45, 2.75) is 51.5 Å². The minimum Gasteiger partial charge on any atom is -0.487 e. The van der Waals surface area contributed by atoms with E-state index in [1.807, 2.05) is 6.92 Å². The first-order valence-corrected chi connectivity index (χ1v) is 11.7. The maximum absolute atomic E-state index is 12.5. The topological polar surface area (TPSA) is 67.6 Å². The molecule has 2 aromatic heterocycles. The van der Waals surface area contributed by atoms with Crippen molar-refractivity contribution in [1.29, 1.82) is 0 Å². The van der Waals surface area contributed by atoms with Crippen LogP contribution in [0.5, 0.6) is 5.75 Å². The molecule has 0 spiro atoms. The summed E-state index contributed by atoms with van der Waals surface area (Å²) in [4.78, 5) is 19.0. The van der Waals surface area contributed by atoms with Gasteiger partial charge < -0.3 is 14.4 Å². The van der Waals surface area contributed by atoms with Gasteiger partial charge in [-0.15, -0.1) is 0 Å². The third-order valence-electron chi connectivity index (χ3n) is 6.15. The molecular weight excluding hydrogens is 438 g/mol. The first-order chi connectivity index (χ1) is 15.9. The second kappa shape index (κ2) is 10.5. The lowest BCUT2D eigenvalue weighted by atomic mass is 9.93. The molecule has 3 aromatic rings. The zero-order valence-corrected chi connectivity index (χ0v) is 19.7. The summed E-state index contributed by atoms with van der Waals surface area (Å²) in [6.07, 6.45) is 5.77. The van der Waals surface area contributed by atoms with Gasteiger partial charge in [0.15, 0.2) is 0 Å². The van der Waals surface area contributed by atoms with E-state index in [0.717, 1.165) is 44.6 Å². The van der Waals surface area contributed by atoms with Gasteiger partial charge in [-0.1, -0.05) is 35.9 Å². The highest BCUT2D eigenvalue weighted by atomic mass is 35.5. The summed E-state index contributed by atoms with van der Waals surface area (Å²) in [5, 5.41) is 10.7. The van der Waals surface area contributed by atoms with E-state index in [4.69, 9.17) is 16.3 Å². The van der Waals surface area contributed by atoms with Crippen LogP contribution in [0.3, 0.4) is 0 Å². The number of halogens is 1. The van der Waals surface area contributed by atoms with Crippen LogP contribution in [0.25, 0.3) is 0 Å². The zero-order chi connectivity index (χ0) is 23.3. The molecule has 1 N–H and O–H groups in total. The number of hydrogen-bond donors (Lipinski definition) is 1. The van der Waals surface area contributed by atoms with Crippen LogP contribution in [0.4, 0.5) is 0 Å². The average molecular weight is 468 g/mol. The summed E-state index contributed by atoms with van der Waals surface area (Å²) in [7, 11) is 0.